The lowest BCUT2D eigenvalue weighted by Gasteiger charge is -2.21. The minimum Gasteiger partial charge on any atom is -0.480 e. The number of amides is 3. The molecule has 0 aliphatic carbocycles. The summed E-state index contributed by atoms with van der Waals surface area (Å²) in [7, 11) is 0. The summed E-state index contributed by atoms with van der Waals surface area (Å²) in [5.74, 6) is -2.13. The molecule has 0 spiro atoms. The van der Waals surface area contributed by atoms with E-state index < -0.39 is 48.4 Å². The fourth-order valence-corrected chi connectivity index (χ4v) is 4.16. The van der Waals surface area contributed by atoms with Crippen LogP contribution in [0.15, 0.2) is 30.5 Å². The summed E-state index contributed by atoms with van der Waals surface area (Å²) in [5.41, 5.74) is 13.1. The first-order chi connectivity index (χ1) is 17.3. The summed E-state index contributed by atoms with van der Waals surface area (Å²) in [4.78, 5) is 52.6. The van der Waals surface area contributed by atoms with Crippen molar-refractivity contribution in [3.05, 3.63) is 36.0 Å². The molecule has 3 atom stereocenters. The second-order valence-corrected chi connectivity index (χ2v) is 9.46. The van der Waals surface area contributed by atoms with Crippen molar-refractivity contribution in [1.29, 1.82) is 0 Å². The molecule has 3 unspecified atom stereocenters. The predicted molar refractivity (Wildman–Crippen MR) is 140 cm³/mol. The van der Waals surface area contributed by atoms with E-state index in [2.05, 4.69) is 20.9 Å². The maximum atomic E-state index is 13.0. The van der Waals surface area contributed by atoms with E-state index >= 15 is 0 Å². The average Bonchev–Trinajstić information content (AvgIpc) is 3.27. The lowest BCUT2D eigenvalue weighted by Crippen LogP contribution is -2.54. The second kappa shape index (κ2) is 15.1. The first-order valence-corrected chi connectivity index (χ1v) is 13.3. The van der Waals surface area contributed by atoms with E-state index in [1.807, 2.05) is 30.5 Å². The molecule has 9 N–H and O–H groups in total. The zero-order valence-electron chi connectivity index (χ0n) is 20.4. The van der Waals surface area contributed by atoms with Gasteiger partial charge in [0.15, 0.2) is 0 Å². The van der Waals surface area contributed by atoms with Crippen LogP contribution in [-0.2, 0) is 25.6 Å². The van der Waals surface area contributed by atoms with Crippen LogP contribution in [0.2, 0.25) is 0 Å². The van der Waals surface area contributed by atoms with Crippen molar-refractivity contribution in [2.75, 3.05) is 25.1 Å². The molecule has 0 radical (unpaired) electrons. The molecule has 0 aliphatic rings. The number of carbonyl (C=O) groups excluding carboxylic acids is 3. The molecule has 0 aliphatic heterocycles. The fraction of sp³-hybridized carbons (Fsp3) is 0.500. The number of para-hydroxylation sites is 1. The monoisotopic (exact) mass is 520 g/mol. The highest BCUT2D eigenvalue weighted by atomic mass is 32.2. The highest BCUT2D eigenvalue weighted by Gasteiger charge is 2.26. The third kappa shape index (κ3) is 9.17. The van der Waals surface area contributed by atoms with Crippen LogP contribution in [0.4, 0.5) is 0 Å². The summed E-state index contributed by atoms with van der Waals surface area (Å²) in [6.45, 7) is -0.000888. The van der Waals surface area contributed by atoms with Crippen LogP contribution in [-0.4, -0.2) is 77.0 Å². The van der Waals surface area contributed by atoms with Crippen molar-refractivity contribution in [2.24, 2.45) is 11.5 Å². The number of benzene rings is 1. The Bertz CT molecular complexity index is 1030. The molecule has 1 aromatic heterocycles. The zero-order chi connectivity index (χ0) is 26.5. The summed E-state index contributed by atoms with van der Waals surface area (Å²) in [6, 6.07) is 4.75. The van der Waals surface area contributed by atoms with Crippen LogP contribution < -0.4 is 27.4 Å². The van der Waals surface area contributed by atoms with Gasteiger partial charge in [-0.05, 0) is 55.9 Å². The number of nitrogens with two attached hydrogens (primary N) is 2. The molecule has 2 rings (SSSR count). The third-order valence-electron chi connectivity index (χ3n) is 5.71. The number of rotatable bonds is 16. The molecule has 1 heterocycles. The number of nitrogens with one attached hydrogen (secondary N) is 4. The molecule has 0 saturated heterocycles. The Kier molecular flexibility index (Phi) is 12.2. The highest BCUT2D eigenvalue weighted by molar-refractivity contribution is 7.98. The lowest BCUT2D eigenvalue weighted by molar-refractivity contribution is -0.142. The number of carbonyl (C=O) groups is 4. The minimum atomic E-state index is -1.16. The molecular formula is C24H36N6O5S. The average molecular weight is 521 g/mol. The van der Waals surface area contributed by atoms with Crippen LogP contribution >= 0.6 is 11.8 Å². The first kappa shape index (κ1) is 29.1. The number of aromatic nitrogens is 1. The molecule has 0 saturated carbocycles. The molecule has 11 nitrogen and oxygen atoms in total. The Balaban J connectivity index is 2.06. The van der Waals surface area contributed by atoms with Gasteiger partial charge in [0, 0.05) is 23.5 Å². The van der Waals surface area contributed by atoms with Gasteiger partial charge in [-0.2, -0.15) is 11.8 Å². The Hall–Kier alpha value is -3.09. The van der Waals surface area contributed by atoms with Gasteiger partial charge < -0.3 is 37.5 Å². The smallest absolute Gasteiger partial charge is 0.326 e. The van der Waals surface area contributed by atoms with Crippen molar-refractivity contribution >= 4 is 46.4 Å². The Morgan fingerprint density at radius 2 is 1.81 bits per heavy atom. The van der Waals surface area contributed by atoms with E-state index in [-0.39, 0.29) is 12.8 Å². The fourth-order valence-electron chi connectivity index (χ4n) is 3.67. The molecule has 3 amide bonds. The van der Waals surface area contributed by atoms with Gasteiger partial charge in [-0.15, -0.1) is 0 Å². The Labute approximate surface area is 214 Å². The van der Waals surface area contributed by atoms with Gasteiger partial charge in [0.05, 0.1) is 12.6 Å². The summed E-state index contributed by atoms with van der Waals surface area (Å²) < 4.78 is 0. The van der Waals surface area contributed by atoms with E-state index in [0.29, 0.717) is 31.6 Å². The van der Waals surface area contributed by atoms with Gasteiger partial charge >= 0.3 is 5.97 Å². The molecule has 2 aromatic rings. The largest absolute Gasteiger partial charge is 0.480 e. The number of carboxylic acid groups (broad SMARTS) is 1. The van der Waals surface area contributed by atoms with E-state index in [9.17, 15) is 24.3 Å². The molecule has 0 bridgehead atoms. The Morgan fingerprint density at radius 3 is 2.50 bits per heavy atom. The third-order valence-corrected chi connectivity index (χ3v) is 6.35. The summed E-state index contributed by atoms with van der Waals surface area (Å²) >= 11 is 1.57. The van der Waals surface area contributed by atoms with Crippen molar-refractivity contribution < 1.29 is 24.3 Å². The van der Waals surface area contributed by atoms with Gasteiger partial charge in [0.2, 0.25) is 17.7 Å². The predicted octanol–water partition coefficient (Wildman–Crippen LogP) is 0.0902. The quantitative estimate of drug-likeness (QED) is 0.151. The van der Waals surface area contributed by atoms with Crippen molar-refractivity contribution in [3.63, 3.8) is 0 Å². The van der Waals surface area contributed by atoms with Gasteiger partial charge in [0.25, 0.3) is 0 Å². The van der Waals surface area contributed by atoms with Crippen molar-refractivity contribution in [2.45, 2.75) is 50.2 Å². The minimum absolute atomic E-state index is 0.176. The second-order valence-electron chi connectivity index (χ2n) is 8.47. The maximum Gasteiger partial charge on any atom is 0.326 e. The molecular weight excluding hydrogens is 484 g/mol. The van der Waals surface area contributed by atoms with Crippen LogP contribution in [0, 0.1) is 0 Å². The molecule has 1 aromatic carbocycles. The normalized spacial score (nSPS) is 13.5. The first-order valence-electron chi connectivity index (χ1n) is 11.9. The molecule has 36 heavy (non-hydrogen) atoms. The van der Waals surface area contributed by atoms with E-state index in [4.69, 9.17) is 11.5 Å². The van der Waals surface area contributed by atoms with E-state index in [1.165, 1.54) is 0 Å². The number of hydrogen-bond acceptors (Lipinski definition) is 7. The SMILES string of the molecule is CSCCC(N)C(=O)NC(Cc1c[nH]c2ccccc12)C(=O)NCC(=O)NC(CCCCN)C(=O)O. The van der Waals surface area contributed by atoms with Crippen molar-refractivity contribution in [1.82, 2.24) is 20.9 Å². The van der Waals surface area contributed by atoms with Crippen LogP contribution in [0.3, 0.4) is 0 Å². The number of aliphatic carboxylic acids is 1. The van der Waals surface area contributed by atoms with Gasteiger partial charge in [-0.1, -0.05) is 18.2 Å². The molecule has 198 valence electrons. The van der Waals surface area contributed by atoms with Gasteiger partial charge in [-0.3, -0.25) is 14.4 Å². The number of thioether (sulfide) groups is 1. The number of aromatic amines is 1. The number of H-pyrrole nitrogens is 1. The lowest BCUT2D eigenvalue weighted by atomic mass is 10.0. The van der Waals surface area contributed by atoms with E-state index in [0.717, 1.165) is 16.5 Å². The van der Waals surface area contributed by atoms with Crippen LogP contribution in [0.25, 0.3) is 10.9 Å². The number of unbranched alkanes of at least 4 members (excludes halogenated alkanes) is 1. The van der Waals surface area contributed by atoms with E-state index in [1.54, 1.807) is 18.0 Å². The van der Waals surface area contributed by atoms with Gasteiger partial charge in [0.1, 0.15) is 12.1 Å². The summed E-state index contributed by atoms with van der Waals surface area (Å²) in [6.07, 6.45) is 5.75. The zero-order valence-corrected chi connectivity index (χ0v) is 21.2. The van der Waals surface area contributed by atoms with Crippen molar-refractivity contribution in [3.8, 4) is 0 Å². The summed E-state index contributed by atoms with van der Waals surface area (Å²) in [5, 5.41) is 17.9. The molecule has 0 fully saturated rings. The van der Waals surface area contributed by atoms with Crippen LogP contribution in [0.1, 0.15) is 31.2 Å². The number of hydrogen-bond donors (Lipinski definition) is 7. The number of carboxylic acids is 1. The maximum absolute atomic E-state index is 13.0. The van der Waals surface area contributed by atoms with Gasteiger partial charge in [-0.25, -0.2) is 4.79 Å². The van der Waals surface area contributed by atoms with Crippen LogP contribution in [0.5, 0.6) is 0 Å². The topological polar surface area (TPSA) is 192 Å². The highest BCUT2D eigenvalue weighted by Crippen LogP contribution is 2.19. The standard InChI is InChI=1S/C24H36N6O5S/c1-36-11-9-17(26)22(32)30-20(12-15-13-27-18-7-3-2-6-16(15)18)23(33)28-14-21(31)29-19(24(34)35)8-4-5-10-25/h2-3,6-7,13,17,19-20,27H,4-5,8-12,14,25-26H2,1H3,(H,28,33)(H,29,31)(H,30,32)(H,34,35). The Morgan fingerprint density at radius 1 is 1.06 bits per heavy atom. The molecule has 12 heteroatoms. The number of fused-ring (bicyclic) bond motifs is 1.